The quantitative estimate of drug-likeness (QED) is 0.850. The molecule has 0 aliphatic carbocycles. The summed E-state index contributed by atoms with van der Waals surface area (Å²) in [5.74, 6) is -0.214. The summed E-state index contributed by atoms with van der Waals surface area (Å²) >= 11 is 0. The lowest BCUT2D eigenvalue weighted by molar-refractivity contribution is 0.0857. The number of hydrogen-bond acceptors (Lipinski definition) is 3. The van der Waals surface area contributed by atoms with Gasteiger partial charge in [-0.25, -0.2) is 0 Å². The molecule has 1 heterocycles. The number of ether oxygens (including phenoxy) is 1. The fraction of sp³-hybridized carbons (Fsp3) is 0.300. The lowest BCUT2D eigenvalue weighted by Crippen LogP contribution is -2.31. The molecule has 2 amide bonds. The third-order valence-electron chi connectivity index (χ3n) is 4.22. The van der Waals surface area contributed by atoms with Crippen LogP contribution in [0.25, 0.3) is 0 Å². The molecule has 0 radical (unpaired) electrons. The summed E-state index contributed by atoms with van der Waals surface area (Å²) in [6.45, 7) is 1.75. The van der Waals surface area contributed by atoms with Crippen molar-refractivity contribution in [3.8, 4) is 0 Å². The minimum atomic E-state index is -0.112. The molecule has 5 nitrogen and oxygen atoms in total. The number of nitrogens with one attached hydrogen (secondary N) is 2. The topological polar surface area (TPSA) is 67.4 Å². The van der Waals surface area contributed by atoms with Crippen LogP contribution in [-0.2, 0) is 11.3 Å². The Labute approximate surface area is 147 Å². The smallest absolute Gasteiger partial charge is 0.251 e. The van der Waals surface area contributed by atoms with Crippen molar-refractivity contribution in [2.75, 3.05) is 13.2 Å². The van der Waals surface area contributed by atoms with Crippen molar-refractivity contribution in [1.82, 2.24) is 10.6 Å². The first-order valence-electron chi connectivity index (χ1n) is 8.54. The van der Waals surface area contributed by atoms with Gasteiger partial charge in [0.2, 0.25) is 0 Å². The Morgan fingerprint density at radius 2 is 1.60 bits per heavy atom. The second kappa shape index (κ2) is 8.44. The number of hydrogen-bond donors (Lipinski definition) is 2. The van der Waals surface area contributed by atoms with Gasteiger partial charge in [-0.3, -0.25) is 9.59 Å². The van der Waals surface area contributed by atoms with E-state index >= 15 is 0 Å². The van der Waals surface area contributed by atoms with Crippen LogP contribution in [0, 0.1) is 0 Å². The number of carbonyl (C=O) groups excluding carboxylic acids is 2. The van der Waals surface area contributed by atoms with E-state index in [2.05, 4.69) is 10.6 Å². The predicted molar refractivity (Wildman–Crippen MR) is 95.4 cm³/mol. The highest BCUT2D eigenvalue weighted by Gasteiger charge is 2.16. The van der Waals surface area contributed by atoms with Crippen molar-refractivity contribution in [3.63, 3.8) is 0 Å². The molecule has 2 aromatic rings. The maximum absolute atomic E-state index is 12.1. The Hall–Kier alpha value is -2.66. The van der Waals surface area contributed by atoms with Crippen LogP contribution >= 0.6 is 0 Å². The lowest BCUT2D eigenvalue weighted by Gasteiger charge is -2.11. The normalized spacial score (nSPS) is 16.4. The SMILES string of the molecule is O=C(NCc1ccc(C(=O)NCC2CCCO2)cc1)c1ccccc1. The third kappa shape index (κ3) is 4.90. The van der Waals surface area contributed by atoms with E-state index in [9.17, 15) is 9.59 Å². The molecular formula is C20H22N2O3. The number of carbonyl (C=O) groups is 2. The van der Waals surface area contributed by atoms with Crippen LogP contribution in [0.1, 0.15) is 39.1 Å². The van der Waals surface area contributed by atoms with Gasteiger partial charge in [-0.05, 0) is 42.7 Å². The average Bonchev–Trinajstić information content (AvgIpc) is 3.19. The molecule has 5 heteroatoms. The van der Waals surface area contributed by atoms with Gasteiger partial charge in [-0.2, -0.15) is 0 Å². The zero-order valence-electron chi connectivity index (χ0n) is 14.0. The molecule has 2 aromatic carbocycles. The van der Waals surface area contributed by atoms with Crippen LogP contribution in [0.15, 0.2) is 54.6 Å². The Morgan fingerprint density at radius 1 is 0.920 bits per heavy atom. The fourth-order valence-corrected chi connectivity index (χ4v) is 2.76. The van der Waals surface area contributed by atoms with E-state index in [-0.39, 0.29) is 17.9 Å². The van der Waals surface area contributed by atoms with E-state index in [1.165, 1.54) is 0 Å². The first kappa shape index (κ1) is 17.2. The van der Waals surface area contributed by atoms with Crippen molar-refractivity contribution >= 4 is 11.8 Å². The number of amides is 2. The summed E-state index contributed by atoms with van der Waals surface area (Å²) in [6, 6.07) is 16.3. The maximum Gasteiger partial charge on any atom is 0.251 e. The number of rotatable bonds is 6. The van der Waals surface area contributed by atoms with E-state index in [1.807, 2.05) is 30.3 Å². The molecule has 1 saturated heterocycles. The van der Waals surface area contributed by atoms with Crippen molar-refractivity contribution in [3.05, 3.63) is 71.3 Å². The van der Waals surface area contributed by atoms with Gasteiger partial charge in [-0.1, -0.05) is 30.3 Å². The largest absolute Gasteiger partial charge is 0.376 e. The zero-order chi connectivity index (χ0) is 17.5. The molecule has 2 N–H and O–H groups in total. The summed E-state index contributed by atoms with van der Waals surface area (Å²) < 4.78 is 5.49. The monoisotopic (exact) mass is 338 g/mol. The maximum atomic E-state index is 12.1. The average molecular weight is 338 g/mol. The molecular weight excluding hydrogens is 316 g/mol. The van der Waals surface area contributed by atoms with Crippen LogP contribution in [-0.4, -0.2) is 31.1 Å². The van der Waals surface area contributed by atoms with E-state index in [1.54, 1.807) is 24.3 Å². The molecule has 1 aliphatic rings. The Kier molecular flexibility index (Phi) is 5.80. The van der Waals surface area contributed by atoms with Crippen LogP contribution in [0.2, 0.25) is 0 Å². The van der Waals surface area contributed by atoms with Gasteiger partial charge in [-0.15, -0.1) is 0 Å². The van der Waals surface area contributed by atoms with Crippen LogP contribution in [0.5, 0.6) is 0 Å². The van der Waals surface area contributed by atoms with Crippen molar-refractivity contribution in [1.29, 1.82) is 0 Å². The molecule has 0 spiro atoms. The highest BCUT2D eigenvalue weighted by Crippen LogP contribution is 2.11. The molecule has 3 rings (SSSR count). The van der Waals surface area contributed by atoms with Crippen LogP contribution in [0.3, 0.4) is 0 Å². The van der Waals surface area contributed by atoms with Gasteiger partial charge in [0.05, 0.1) is 6.10 Å². The van der Waals surface area contributed by atoms with E-state index < -0.39 is 0 Å². The second-order valence-corrected chi connectivity index (χ2v) is 6.09. The van der Waals surface area contributed by atoms with Crippen molar-refractivity contribution < 1.29 is 14.3 Å². The van der Waals surface area contributed by atoms with Crippen molar-refractivity contribution in [2.24, 2.45) is 0 Å². The Bertz CT molecular complexity index is 707. The minimum Gasteiger partial charge on any atom is -0.376 e. The summed E-state index contributed by atoms with van der Waals surface area (Å²) in [7, 11) is 0. The molecule has 130 valence electrons. The molecule has 1 atom stereocenters. The molecule has 1 fully saturated rings. The first-order valence-corrected chi connectivity index (χ1v) is 8.54. The van der Waals surface area contributed by atoms with Gasteiger partial charge in [0.25, 0.3) is 11.8 Å². The highest BCUT2D eigenvalue weighted by atomic mass is 16.5. The minimum absolute atomic E-state index is 0.102. The molecule has 1 aliphatic heterocycles. The van der Waals surface area contributed by atoms with Gasteiger partial charge < -0.3 is 15.4 Å². The zero-order valence-corrected chi connectivity index (χ0v) is 14.0. The summed E-state index contributed by atoms with van der Waals surface area (Å²) in [5, 5.41) is 5.77. The number of benzene rings is 2. The summed E-state index contributed by atoms with van der Waals surface area (Å²) in [5.41, 5.74) is 2.18. The summed E-state index contributed by atoms with van der Waals surface area (Å²) in [6.07, 6.45) is 2.20. The fourth-order valence-electron chi connectivity index (χ4n) is 2.76. The van der Waals surface area contributed by atoms with Crippen LogP contribution in [0.4, 0.5) is 0 Å². The molecule has 0 aromatic heterocycles. The lowest BCUT2D eigenvalue weighted by atomic mass is 10.1. The molecule has 1 unspecified atom stereocenters. The second-order valence-electron chi connectivity index (χ2n) is 6.09. The Morgan fingerprint density at radius 3 is 2.28 bits per heavy atom. The first-order chi connectivity index (χ1) is 12.2. The van der Waals surface area contributed by atoms with Gasteiger partial charge >= 0.3 is 0 Å². The third-order valence-corrected chi connectivity index (χ3v) is 4.22. The van der Waals surface area contributed by atoms with E-state index in [0.29, 0.717) is 24.2 Å². The van der Waals surface area contributed by atoms with Gasteiger partial charge in [0.1, 0.15) is 0 Å². The molecule has 0 bridgehead atoms. The van der Waals surface area contributed by atoms with E-state index in [0.717, 1.165) is 25.0 Å². The van der Waals surface area contributed by atoms with E-state index in [4.69, 9.17) is 4.74 Å². The molecule has 25 heavy (non-hydrogen) atoms. The Balaban J connectivity index is 1.48. The highest BCUT2D eigenvalue weighted by molar-refractivity contribution is 5.94. The van der Waals surface area contributed by atoms with Crippen LogP contribution < -0.4 is 10.6 Å². The predicted octanol–water partition coefficient (Wildman–Crippen LogP) is 2.53. The molecule has 0 saturated carbocycles. The van der Waals surface area contributed by atoms with Gasteiger partial charge in [0, 0.05) is 30.8 Å². The summed E-state index contributed by atoms with van der Waals surface area (Å²) in [4.78, 5) is 24.1. The van der Waals surface area contributed by atoms with Crippen molar-refractivity contribution in [2.45, 2.75) is 25.5 Å². The van der Waals surface area contributed by atoms with Gasteiger partial charge in [0.15, 0.2) is 0 Å². The standard InChI is InChI=1S/C20H22N2O3/c23-19(16-5-2-1-3-6-16)21-13-15-8-10-17(11-9-15)20(24)22-14-18-7-4-12-25-18/h1-3,5-6,8-11,18H,4,7,12-14H2,(H,21,23)(H,22,24).